The Balaban J connectivity index is 1.57. The fourth-order valence-electron chi connectivity index (χ4n) is 12.8. The second-order valence-electron chi connectivity index (χ2n) is 14.6. The quantitative estimate of drug-likeness (QED) is 0.408. The van der Waals surface area contributed by atoms with Gasteiger partial charge in [0.15, 0.2) is 0 Å². The van der Waals surface area contributed by atoms with E-state index in [-0.39, 0.29) is 0 Å². The Labute approximate surface area is 201 Å². The standard InChI is InChI=1S/C32H56/c1-8-30-19-15-23(22(4)5)26(30)17-21-32(10-3)28(30)14-13-27-24-12-11-18-29(6,7)25(24)16-20-31(27,32)9-2/h22-28H,8-21H2,1-7H3/t23-,24+,25-,26-,27-,28-,30+,31-,32-/m1/s1. The number of fused-ring (bicyclic) bond motifs is 7. The van der Waals surface area contributed by atoms with E-state index >= 15 is 0 Å². The normalized spacial score (nSPS) is 52.1. The Morgan fingerprint density at radius 3 is 2.00 bits per heavy atom. The van der Waals surface area contributed by atoms with E-state index in [1.54, 1.807) is 51.4 Å². The molecule has 0 aromatic carbocycles. The van der Waals surface area contributed by atoms with Gasteiger partial charge in [-0.25, -0.2) is 0 Å². The zero-order chi connectivity index (χ0) is 22.9. The van der Waals surface area contributed by atoms with Crippen molar-refractivity contribution in [3.05, 3.63) is 0 Å². The Bertz CT molecular complexity index is 688. The summed E-state index contributed by atoms with van der Waals surface area (Å²) in [6.07, 6.45) is 21.5. The van der Waals surface area contributed by atoms with E-state index in [4.69, 9.17) is 0 Å². The molecule has 0 aromatic rings. The fourth-order valence-corrected chi connectivity index (χ4v) is 12.8. The minimum atomic E-state index is 0.595. The van der Waals surface area contributed by atoms with Crippen molar-refractivity contribution < 1.29 is 0 Å². The first-order valence-electron chi connectivity index (χ1n) is 15.2. The van der Waals surface area contributed by atoms with Crippen LogP contribution in [0.1, 0.15) is 138 Å². The molecule has 0 heterocycles. The molecule has 0 aromatic heterocycles. The Morgan fingerprint density at radius 2 is 1.34 bits per heavy atom. The molecule has 5 saturated carbocycles. The highest BCUT2D eigenvalue weighted by Crippen LogP contribution is 2.78. The van der Waals surface area contributed by atoms with Gasteiger partial charge in [0.1, 0.15) is 0 Å². The van der Waals surface area contributed by atoms with Gasteiger partial charge in [-0.1, -0.05) is 54.9 Å². The van der Waals surface area contributed by atoms with Crippen LogP contribution >= 0.6 is 0 Å². The van der Waals surface area contributed by atoms with E-state index in [9.17, 15) is 0 Å². The van der Waals surface area contributed by atoms with Crippen molar-refractivity contribution in [3.8, 4) is 0 Å². The topological polar surface area (TPSA) is 0 Å². The van der Waals surface area contributed by atoms with Crippen LogP contribution in [0.15, 0.2) is 0 Å². The zero-order valence-electron chi connectivity index (χ0n) is 22.9. The van der Waals surface area contributed by atoms with Crippen molar-refractivity contribution >= 4 is 0 Å². The molecule has 9 atom stereocenters. The Morgan fingerprint density at radius 1 is 0.656 bits per heavy atom. The molecule has 0 saturated heterocycles. The zero-order valence-corrected chi connectivity index (χ0v) is 22.9. The SMILES string of the molecule is CC[C@]12CC[C@H](C(C)C)[C@H]1CC[C@]1(CC)[C@@H]2CC[C@@H]2[C@H]3CCCC(C)(C)[C@@H]3CC[C@]21CC. The summed E-state index contributed by atoms with van der Waals surface area (Å²) in [4.78, 5) is 0. The van der Waals surface area contributed by atoms with Gasteiger partial charge in [-0.05, 0) is 147 Å². The van der Waals surface area contributed by atoms with Gasteiger partial charge in [0.05, 0.1) is 0 Å². The lowest BCUT2D eigenvalue weighted by Gasteiger charge is -2.72. The lowest BCUT2D eigenvalue weighted by molar-refractivity contribution is -0.238. The van der Waals surface area contributed by atoms with Crippen molar-refractivity contribution in [2.24, 2.45) is 63.1 Å². The average Bonchev–Trinajstić information content (AvgIpc) is 3.18. The third-order valence-electron chi connectivity index (χ3n) is 14.0. The molecule has 5 rings (SSSR count). The minimum Gasteiger partial charge on any atom is -0.0648 e. The molecule has 0 aliphatic heterocycles. The van der Waals surface area contributed by atoms with Crippen LogP contribution in [0, 0.1) is 63.1 Å². The van der Waals surface area contributed by atoms with Crippen LogP contribution in [0.5, 0.6) is 0 Å². The molecule has 0 bridgehead atoms. The number of hydrogen-bond acceptors (Lipinski definition) is 0. The molecule has 5 aliphatic carbocycles. The molecule has 32 heavy (non-hydrogen) atoms. The van der Waals surface area contributed by atoms with E-state index < -0.39 is 0 Å². The highest BCUT2D eigenvalue weighted by atomic mass is 14.7. The van der Waals surface area contributed by atoms with Gasteiger partial charge in [0.2, 0.25) is 0 Å². The molecule has 5 aliphatic rings. The van der Waals surface area contributed by atoms with Gasteiger partial charge >= 0.3 is 0 Å². The molecule has 0 amide bonds. The molecule has 0 heteroatoms. The lowest BCUT2D eigenvalue weighted by Crippen LogP contribution is -2.65. The molecule has 0 nitrogen and oxygen atoms in total. The monoisotopic (exact) mass is 440 g/mol. The summed E-state index contributed by atoms with van der Waals surface area (Å²) in [6, 6.07) is 0. The summed E-state index contributed by atoms with van der Waals surface area (Å²) in [5, 5.41) is 0. The molecule has 0 N–H and O–H groups in total. The number of hydrogen-bond donors (Lipinski definition) is 0. The molecular weight excluding hydrogens is 384 g/mol. The van der Waals surface area contributed by atoms with Crippen LogP contribution in [0.2, 0.25) is 0 Å². The van der Waals surface area contributed by atoms with Crippen LogP contribution < -0.4 is 0 Å². The van der Waals surface area contributed by atoms with Crippen molar-refractivity contribution in [1.29, 1.82) is 0 Å². The smallest absolute Gasteiger partial charge is 0.0207 e. The van der Waals surface area contributed by atoms with Gasteiger partial charge in [0.25, 0.3) is 0 Å². The van der Waals surface area contributed by atoms with Crippen molar-refractivity contribution in [2.45, 2.75) is 138 Å². The average molecular weight is 441 g/mol. The van der Waals surface area contributed by atoms with Gasteiger partial charge in [-0.2, -0.15) is 0 Å². The van der Waals surface area contributed by atoms with E-state index in [1.807, 2.05) is 0 Å². The Hall–Kier alpha value is 0. The van der Waals surface area contributed by atoms with Gasteiger partial charge in [-0.15, -0.1) is 0 Å². The summed E-state index contributed by atoms with van der Waals surface area (Å²) < 4.78 is 0. The van der Waals surface area contributed by atoms with Gasteiger partial charge in [0, 0.05) is 0 Å². The van der Waals surface area contributed by atoms with Crippen molar-refractivity contribution in [3.63, 3.8) is 0 Å². The maximum atomic E-state index is 2.64. The molecule has 0 radical (unpaired) electrons. The summed E-state index contributed by atoms with van der Waals surface area (Å²) in [6.45, 7) is 18.2. The summed E-state index contributed by atoms with van der Waals surface area (Å²) >= 11 is 0. The first-order chi connectivity index (χ1) is 15.2. The third kappa shape index (κ3) is 2.86. The highest BCUT2D eigenvalue weighted by molar-refractivity contribution is 5.19. The third-order valence-corrected chi connectivity index (χ3v) is 14.0. The predicted molar refractivity (Wildman–Crippen MR) is 139 cm³/mol. The van der Waals surface area contributed by atoms with E-state index in [0.29, 0.717) is 21.7 Å². The lowest BCUT2D eigenvalue weighted by atomic mass is 9.32. The molecule has 184 valence electrons. The minimum absolute atomic E-state index is 0.595. The van der Waals surface area contributed by atoms with Gasteiger partial charge < -0.3 is 0 Å². The van der Waals surface area contributed by atoms with Crippen LogP contribution in [0.25, 0.3) is 0 Å². The van der Waals surface area contributed by atoms with E-state index in [1.165, 1.54) is 38.5 Å². The second kappa shape index (κ2) is 8.01. The second-order valence-corrected chi connectivity index (χ2v) is 14.6. The molecule has 0 spiro atoms. The fraction of sp³-hybridized carbons (Fsp3) is 1.00. The van der Waals surface area contributed by atoms with Crippen molar-refractivity contribution in [2.75, 3.05) is 0 Å². The summed E-state index contributed by atoms with van der Waals surface area (Å²) in [5.74, 6) is 7.05. The molecule has 5 fully saturated rings. The Kier molecular flexibility index (Phi) is 5.94. The van der Waals surface area contributed by atoms with Crippen LogP contribution in [-0.4, -0.2) is 0 Å². The number of rotatable bonds is 4. The van der Waals surface area contributed by atoms with E-state index in [2.05, 4.69) is 48.5 Å². The maximum absolute atomic E-state index is 2.64. The largest absolute Gasteiger partial charge is 0.0648 e. The van der Waals surface area contributed by atoms with Crippen LogP contribution in [0.4, 0.5) is 0 Å². The van der Waals surface area contributed by atoms with Crippen molar-refractivity contribution in [1.82, 2.24) is 0 Å². The highest BCUT2D eigenvalue weighted by Gasteiger charge is 2.70. The maximum Gasteiger partial charge on any atom is -0.0207 e. The summed E-state index contributed by atoms with van der Waals surface area (Å²) in [7, 11) is 0. The van der Waals surface area contributed by atoms with Crippen LogP contribution in [0.3, 0.4) is 0 Å². The first-order valence-corrected chi connectivity index (χ1v) is 15.2. The van der Waals surface area contributed by atoms with E-state index in [0.717, 1.165) is 41.4 Å². The first kappa shape index (κ1) is 23.7. The predicted octanol–water partition coefficient (Wildman–Crippen LogP) is 9.91. The molecule has 0 unspecified atom stereocenters. The molecular formula is C32H56. The van der Waals surface area contributed by atoms with Gasteiger partial charge in [-0.3, -0.25) is 0 Å². The van der Waals surface area contributed by atoms with Crippen LogP contribution in [-0.2, 0) is 0 Å². The summed E-state index contributed by atoms with van der Waals surface area (Å²) in [5.41, 5.74) is 2.58.